The molecule has 0 aliphatic carbocycles. The maximum Gasteiger partial charge on any atom is 0.0785 e. The predicted molar refractivity (Wildman–Crippen MR) is 41.2 cm³/mol. The lowest BCUT2D eigenvalue weighted by atomic mass is 10.3. The van der Waals surface area contributed by atoms with E-state index >= 15 is 0 Å². The topological polar surface area (TPSA) is 58.3 Å². The second-order valence-electron chi connectivity index (χ2n) is 1.88. The molecule has 10 heavy (non-hydrogen) atoms. The van der Waals surface area contributed by atoms with E-state index in [4.69, 9.17) is 10.9 Å². The summed E-state index contributed by atoms with van der Waals surface area (Å²) in [4.78, 5) is 0. The van der Waals surface area contributed by atoms with Crippen LogP contribution in [0.2, 0.25) is 0 Å². The molecule has 0 saturated heterocycles. The van der Waals surface area contributed by atoms with Crippen LogP contribution >= 0.6 is 0 Å². The molecular formula is C7H14N2O. The zero-order chi connectivity index (χ0) is 7.98. The Kier molecular flexibility index (Phi) is 4.41. The molecule has 0 spiro atoms. The van der Waals surface area contributed by atoms with Crippen molar-refractivity contribution in [1.82, 2.24) is 5.48 Å². The number of hydroxylamine groups is 1. The third kappa shape index (κ3) is 2.55. The molecule has 0 amide bonds. The second-order valence-corrected chi connectivity index (χ2v) is 1.88. The number of hydrogen-bond donors (Lipinski definition) is 3. The van der Waals surface area contributed by atoms with Gasteiger partial charge < -0.3 is 5.73 Å². The summed E-state index contributed by atoms with van der Waals surface area (Å²) in [6.07, 6.45) is 4.41. The van der Waals surface area contributed by atoms with Crippen LogP contribution in [0, 0.1) is 0 Å². The maximum atomic E-state index is 8.48. The second kappa shape index (κ2) is 4.88. The molecular weight excluding hydrogens is 128 g/mol. The summed E-state index contributed by atoms with van der Waals surface area (Å²) < 4.78 is 0. The average Bonchev–Trinajstić information content (AvgIpc) is 1.91. The van der Waals surface area contributed by atoms with Crippen LogP contribution in [0.5, 0.6) is 0 Å². The summed E-state index contributed by atoms with van der Waals surface area (Å²) in [7, 11) is 0. The maximum absolute atomic E-state index is 8.48. The zero-order valence-corrected chi connectivity index (χ0v) is 6.39. The van der Waals surface area contributed by atoms with Crippen LogP contribution in [0.25, 0.3) is 0 Å². The van der Waals surface area contributed by atoms with Gasteiger partial charge in [0.25, 0.3) is 0 Å². The lowest BCUT2D eigenvalue weighted by Gasteiger charge is -2.03. The highest BCUT2D eigenvalue weighted by molar-refractivity contribution is 5.24. The number of allylic oxidation sites excluding steroid dienone is 2. The first kappa shape index (κ1) is 9.04. The first-order valence-electron chi connectivity index (χ1n) is 3.28. The third-order valence-corrected chi connectivity index (χ3v) is 1.14. The van der Waals surface area contributed by atoms with Crippen LogP contribution in [0.4, 0.5) is 0 Å². The van der Waals surface area contributed by atoms with Crippen molar-refractivity contribution in [2.45, 2.75) is 20.3 Å². The van der Waals surface area contributed by atoms with E-state index in [0.717, 1.165) is 6.42 Å². The van der Waals surface area contributed by atoms with Gasteiger partial charge in [0.2, 0.25) is 0 Å². The first-order chi connectivity index (χ1) is 4.76. The van der Waals surface area contributed by atoms with Crippen molar-refractivity contribution in [3.8, 4) is 0 Å². The minimum Gasteiger partial charge on any atom is -0.397 e. The van der Waals surface area contributed by atoms with Gasteiger partial charge in [-0.1, -0.05) is 19.1 Å². The molecule has 0 aromatic rings. The van der Waals surface area contributed by atoms with E-state index in [1.54, 1.807) is 13.0 Å². The summed E-state index contributed by atoms with van der Waals surface area (Å²) in [5.41, 5.74) is 8.66. The molecule has 4 N–H and O–H groups in total. The van der Waals surface area contributed by atoms with E-state index in [0.29, 0.717) is 11.4 Å². The molecule has 0 aromatic heterocycles. The molecule has 0 rings (SSSR count). The standard InChI is InChI=1S/C7H14N2O/c1-3-5-6(8)7(4-2)9-10/h4-5,9-10H,3,8H2,1-2H3/b6-5+,7-4+. The van der Waals surface area contributed by atoms with Crippen molar-refractivity contribution in [3.05, 3.63) is 23.5 Å². The largest absolute Gasteiger partial charge is 0.397 e. The molecule has 0 aliphatic heterocycles. The van der Waals surface area contributed by atoms with Gasteiger partial charge in [0.1, 0.15) is 0 Å². The third-order valence-electron chi connectivity index (χ3n) is 1.14. The van der Waals surface area contributed by atoms with Crippen LogP contribution in [0.3, 0.4) is 0 Å². The molecule has 0 fully saturated rings. The Morgan fingerprint density at radius 3 is 2.60 bits per heavy atom. The fraction of sp³-hybridized carbons (Fsp3) is 0.429. The fourth-order valence-electron chi connectivity index (χ4n) is 0.626. The first-order valence-corrected chi connectivity index (χ1v) is 3.28. The van der Waals surface area contributed by atoms with E-state index in [1.165, 1.54) is 0 Å². The highest BCUT2D eigenvalue weighted by Gasteiger charge is 1.93. The van der Waals surface area contributed by atoms with Crippen molar-refractivity contribution in [1.29, 1.82) is 0 Å². The van der Waals surface area contributed by atoms with E-state index in [-0.39, 0.29) is 0 Å². The van der Waals surface area contributed by atoms with Gasteiger partial charge in [-0.3, -0.25) is 10.7 Å². The van der Waals surface area contributed by atoms with E-state index in [9.17, 15) is 0 Å². The Hall–Kier alpha value is -0.960. The van der Waals surface area contributed by atoms with Crippen molar-refractivity contribution in [3.63, 3.8) is 0 Å². The molecule has 0 aromatic carbocycles. The van der Waals surface area contributed by atoms with Crippen molar-refractivity contribution in [2.24, 2.45) is 5.73 Å². The quantitative estimate of drug-likeness (QED) is 0.409. The van der Waals surface area contributed by atoms with Gasteiger partial charge in [0.15, 0.2) is 0 Å². The molecule has 58 valence electrons. The van der Waals surface area contributed by atoms with Crippen LogP contribution in [0.1, 0.15) is 20.3 Å². The monoisotopic (exact) mass is 142 g/mol. The summed E-state index contributed by atoms with van der Waals surface area (Å²) in [6, 6.07) is 0. The van der Waals surface area contributed by atoms with Gasteiger partial charge in [-0.2, -0.15) is 0 Å². The zero-order valence-electron chi connectivity index (χ0n) is 6.39. The Balaban J connectivity index is 4.16. The molecule has 0 radical (unpaired) electrons. The van der Waals surface area contributed by atoms with Gasteiger partial charge in [0.05, 0.1) is 11.4 Å². The summed E-state index contributed by atoms with van der Waals surface area (Å²) in [5.74, 6) is 0. The summed E-state index contributed by atoms with van der Waals surface area (Å²) in [5, 5.41) is 8.48. The van der Waals surface area contributed by atoms with E-state index < -0.39 is 0 Å². The minimum absolute atomic E-state index is 0.557. The number of hydrogen-bond acceptors (Lipinski definition) is 3. The molecule has 0 aliphatic rings. The van der Waals surface area contributed by atoms with E-state index in [2.05, 4.69) is 0 Å². The Morgan fingerprint density at radius 2 is 2.30 bits per heavy atom. The molecule has 0 atom stereocenters. The number of nitrogens with two attached hydrogens (primary N) is 1. The smallest absolute Gasteiger partial charge is 0.0785 e. The summed E-state index contributed by atoms with van der Waals surface area (Å²) >= 11 is 0. The van der Waals surface area contributed by atoms with Crippen molar-refractivity contribution < 1.29 is 5.21 Å². The lowest BCUT2D eigenvalue weighted by molar-refractivity contribution is 0.202. The number of nitrogens with one attached hydrogen (secondary N) is 1. The highest BCUT2D eigenvalue weighted by Crippen LogP contribution is 1.98. The molecule has 3 nitrogen and oxygen atoms in total. The highest BCUT2D eigenvalue weighted by atomic mass is 16.5. The van der Waals surface area contributed by atoms with Gasteiger partial charge in [-0.15, -0.1) is 0 Å². The summed E-state index contributed by atoms with van der Waals surface area (Å²) in [6.45, 7) is 3.78. The molecule has 0 unspecified atom stereocenters. The molecule has 0 saturated carbocycles. The van der Waals surface area contributed by atoms with Crippen molar-refractivity contribution in [2.75, 3.05) is 0 Å². The van der Waals surface area contributed by atoms with E-state index in [1.807, 2.05) is 18.5 Å². The lowest BCUT2D eigenvalue weighted by Crippen LogP contribution is -2.14. The molecule has 0 heterocycles. The fourth-order valence-corrected chi connectivity index (χ4v) is 0.626. The predicted octanol–water partition coefficient (Wildman–Crippen LogP) is 1.12. The normalized spacial score (nSPS) is 13.5. The van der Waals surface area contributed by atoms with Gasteiger partial charge in [-0.05, 0) is 13.3 Å². The van der Waals surface area contributed by atoms with Crippen LogP contribution in [0.15, 0.2) is 23.5 Å². The van der Waals surface area contributed by atoms with Gasteiger partial charge in [-0.25, -0.2) is 0 Å². The van der Waals surface area contributed by atoms with Crippen molar-refractivity contribution >= 4 is 0 Å². The average molecular weight is 142 g/mol. The van der Waals surface area contributed by atoms with Gasteiger partial charge in [0, 0.05) is 0 Å². The van der Waals surface area contributed by atoms with Gasteiger partial charge >= 0.3 is 0 Å². The van der Waals surface area contributed by atoms with Crippen LogP contribution in [-0.2, 0) is 0 Å². The SMILES string of the molecule is C/C=C(NO)\C(N)=C/CC. The molecule has 0 bridgehead atoms. The molecule has 3 heteroatoms. The minimum atomic E-state index is 0.557. The van der Waals surface area contributed by atoms with Crippen LogP contribution in [-0.4, -0.2) is 5.21 Å². The Morgan fingerprint density at radius 1 is 1.70 bits per heavy atom. The van der Waals surface area contributed by atoms with Crippen LogP contribution < -0.4 is 11.2 Å². The Bertz CT molecular complexity index is 150. The Labute approximate surface area is 61.2 Å². The number of rotatable bonds is 3.